The first kappa shape index (κ1) is 13.1. The second-order valence-corrected chi connectivity index (χ2v) is 4.74. The molecule has 0 aliphatic rings. The highest BCUT2D eigenvalue weighted by atomic mass is 79.9. The summed E-state index contributed by atoms with van der Waals surface area (Å²) >= 11 is 9.20. The van der Waals surface area contributed by atoms with E-state index < -0.39 is 0 Å². The molecule has 0 spiro atoms. The number of nitrogens with one attached hydrogen (secondary N) is 1. The Labute approximate surface area is 118 Å². The summed E-state index contributed by atoms with van der Waals surface area (Å²) in [6.07, 6.45) is 1.76. The third-order valence-electron chi connectivity index (χ3n) is 2.28. The highest BCUT2D eigenvalue weighted by Gasteiger charge is 2.01. The molecule has 0 radical (unpaired) electrons. The van der Waals surface area contributed by atoms with Crippen LogP contribution < -0.4 is 10.1 Å². The van der Waals surface area contributed by atoms with Crippen LogP contribution >= 0.6 is 27.5 Å². The number of nitrogens with zero attached hydrogens (tertiary/aromatic N) is 2. The van der Waals surface area contributed by atoms with Gasteiger partial charge in [0.25, 0.3) is 0 Å². The Hall–Kier alpha value is -1.33. The molecule has 0 atom stereocenters. The summed E-state index contributed by atoms with van der Waals surface area (Å²) in [5.74, 6) is 1.32. The number of rotatable bonds is 4. The summed E-state index contributed by atoms with van der Waals surface area (Å²) in [5.41, 5.74) is 1.04. The summed E-state index contributed by atoms with van der Waals surface area (Å²) in [7, 11) is 1.59. The van der Waals surface area contributed by atoms with Crippen molar-refractivity contribution in [2.75, 3.05) is 12.4 Å². The Bertz CT molecular complexity index is 533. The van der Waals surface area contributed by atoms with E-state index in [1.165, 1.54) is 0 Å². The van der Waals surface area contributed by atoms with Crippen molar-refractivity contribution in [1.82, 2.24) is 9.97 Å². The van der Waals surface area contributed by atoms with Gasteiger partial charge in [0.2, 0.25) is 5.88 Å². The molecule has 0 saturated carbocycles. The average molecular weight is 329 g/mol. The van der Waals surface area contributed by atoms with Gasteiger partial charge in [0.1, 0.15) is 11.0 Å². The lowest BCUT2D eigenvalue weighted by Crippen LogP contribution is -2.02. The maximum Gasteiger partial charge on any atom is 0.212 e. The normalized spacial score (nSPS) is 10.2. The van der Waals surface area contributed by atoms with Crippen molar-refractivity contribution in [3.8, 4) is 5.88 Å². The minimum atomic E-state index is 0.438. The zero-order valence-corrected chi connectivity index (χ0v) is 12.0. The van der Waals surface area contributed by atoms with Crippen LogP contribution in [0.25, 0.3) is 0 Å². The minimum absolute atomic E-state index is 0.438. The number of aromatic nitrogens is 2. The molecule has 0 aliphatic heterocycles. The second-order valence-electron chi connectivity index (χ2n) is 3.53. The molecule has 0 fully saturated rings. The van der Waals surface area contributed by atoms with Crippen LogP contribution in [0, 0.1) is 0 Å². The number of hydrogen-bond acceptors (Lipinski definition) is 4. The summed E-state index contributed by atoms with van der Waals surface area (Å²) in [6, 6.07) is 7.47. The highest BCUT2D eigenvalue weighted by molar-refractivity contribution is 9.10. The van der Waals surface area contributed by atoms with Crippen molar-refractivity contribution < 1.29 is 4.74 Å². The van der Waals surface area contributed by atoms with E-state index in [1.54, 1.807) is 13.3 Å². The molecule has 6 heteroatoms. The van der Waals surface area contributed by atoms with E-state index in [0.29, 0.717) is 17.6 Å². The third-order valence-corrected chi connectivity index (χ3v) is 3.44. The number of hydrogen-bond donors (Lipinski definition) is 1. The van der Waals surface area contributed by atoms with Gasteiger partial charge in [0.05, 0.1) is 11.6 Å². The van der Waals surface area contributed by atoms with Crippen LogP contribution in [0.3, 0.4) is 0 Å². The predicted molar refractivity (Wildman–Crippen MR) is 75.1 cm³/mol. The van der Waals surface area contributed by atoms with E-state index in [4.69, 9.17) is 16.3 Å². The van der Waals surface area contributed by atoms with Crippen LogP contribution in [-0.2, 0) is 6.54 Å². The van der Waals surface area contributed by atoms with Crippen molar-refractivity contribution in [2.24, 2.45) is 0 Å². The van der Waals surface area contributed by atoms with E-state index in [2.05, 4.69) is 31.2 Å². The number of halogens is 2. The quantitative estimate of drug-likeness (QED) is 0.873. The Kier molecular flexibility index (Phi) is 4.38. The molecule has 0 aliphatic carbocycles. The molecule has 0 saturated heterocycles. The highest BCUT2D eigenvalue weighted by Crippen LogP contribution is 2.21. The van der Waals surface area contributed by atoms with Gasteiger partial charge in [-0.15, -0.1) is 0 Å². The van der Waals surface area contributed by atoms with E-state index in [-0.39, 0.29) is 0 Å². The lowest BCUT2D eigenvalue weighted by atomic mass is 10.3. The first-order chi connectivity index (χ1) is 8.69. The smallest absolute Gasteiger partial charge is 0.212 e. The molecule has 0 aromatic carbocycles. The average Bonchev–Trinajstić information content (AvgIpc) is 2.41. The van der Waals surface area contributed by atoms with Crippen molar-refractivity contribution >= 4 is 33.3 Å². The fourth-order valence-corrected chi connectivity index (χ4v) is 1.72. The first-order valence-corrected chi connectivity index (χ1v) is 6.41. The Morgan fingerprint density at radius 3 is 2.78 bits per heavy atom. The van der Waals surface area contributed by atoms with E-state index in [0.717, 1.165) is 15.9 Å². The largest absolute Gasteiger partial charge is 0.481 e. The SMILES string of the molecule is COc1ccc(CNc2ccc(Br)c(Cl)n2)cn1. The molecular weight excluding hydrogens is 318 g/mol. The lowest BCUT2D eigenvalue weighted by Gasteiger charge is -2.06. The van der Waals surface area contributed by atoms with Crippen LogP contribution in [-0.4, -0.2) is 17.1 Å². The zero-order chi connectivity index (χ0) is 13.0. The Morgan fingerprint density at radius 2 is 2.17 bits per heavy atom. The van der Waals surface area contributed by atoms with E-state index >= 15 is 0 Å². The fraction of sp³-hybridized carbons (Fsp3) is 0.167. The molecule has 2 heterocycles. The van der Waals surface area contributed by atoms with Crippen molar-refractivity contribution in [1.29, 1.82) is 0 Å². The molecule has 4 nitrogen and oxygen atoms in total. The van der Waals surface area contributed by atoms with Gasteiger partial charge in [-0.3, -0.25) is 0 Å². The lowest BCUT2D eigenvalue weighted by molar-refractivity contribution is 0.397. The number of anilines is 1. The molecule has 2 aromatic heterocycles. The molecule has 2 rings (SSSR count). The maximum absolute atomic E-state index is 5.91. The molecule has 0 unspecified atom stereocenters. The summed E-state index contributed by atoms with van der Waals surface area (Å²) in [5, 5.41) is 3.61. The maximum atomic E-state index is 5.91. The number of pyridine rings is 2. The predicted octanol–water partition coefficient (Wildman–Crippen LogP) is 3.51. The first-order valence-electron chi connectivity index (χ1n) is 5.24. The van der Waals surface area contributed by atoms with Gasteiger partial charge >= 0.3 is 0 Å². The topological polar surface area (TPSA) is 47.0 Å². The van der Waals surface area contributed by atoms with Gasteiger partial charge in [-0.25, -0.2) is 9.97 Å². The van der Waals surface area contributed by atoms with Crippen LogP contribution in [0.5, 0.6) is 5.88 Å². The molecule has 0 amide bonds. The zero-order valence-electron chi connectivity index (χ0n) is 9.65. The van der Waals surface area contributed by atoms with Gasteiger partial charge in [-0.05, 0) is 33.6 Å². The van der Waals surface area contributed by atoms with Crippen molar-refractivity contribution in [2.45, 2.75) is 6.54 Å². The van der Waals surface area contributed by atoms with Gasteiger partial charge in [-0.2, -0.15) is 0 Å². The van der Waals surface area contributed by atoms with Crippen LogP contribution in [0.4, 0.5) is 5.82 Å². The second kappa shape index (κ2) is 6.02. The fourth-order valence-electron chi connectivity index (χ4n) is 1.34. The van der Waals surface area contributed by atoms with Gasteiger partial charge in [0, 0.05) is 18.8 Å². The van der Waals surface area contributed by atoms with E-state index in [1.807, 2.05) is 24.3 Å². The van der Waals surface area contributed by atoms with Gasteiger partial charge < -0.3 is 10.1 Å². The van der Waals surface area contributed by atoms with Crippen molar-refractivity contribution in [3.05, 3.63) is 45.7 Å². The molecular formula is C12H11BrClN3O. The Morgan fingerprint density at radius 1 is 1.33 bits per heavy atom. The standard InChI is InChI=1S/C12H11BrClN3O/c1-18-11-5-2-8(7-16-11)6-15-10-4-3-9(13)12(14)17-10/h2-5,7H,6H2,1H3,(H,15,17). The van der Waals surface area contributed by atoms with Gasteiger partial charge in [0.15, 0.2) is 0 Å². The summed E-state index contributed by atoms with van der Waals surface area (Å²) in [6.45, 7) is 0.627. The molecule has 2 aromatic rings. The number of methoxy groups -OCH3 is 1. The van der Waals surface area contributed by atoms with Crippen LogP contribution in [0.2, 0.25) is 5.15 Å². The summed E-state index contributed by atoms with van der Waals surface area (Å²) in [4.78, 5) is 8.31. The number of ether oxygens (including phenoxy) is 1. The van der Waals surface area contributed by atoms with Crippen LogP contribution in [0.1, 0.15) is 5.56 Å². The third kappa shape index (κ3) is 3.34. The van der Waals surface area contributed by atoms with E-state index in [9.17, 15) is 0 Å². The molecule has 0 bridgehead atoms. The van der Waals surface area contributed by atoms with Crippen molar-refractivity contribution in [3.63, 3.8) is 0 Å². The Balaban J connectivity index is 1.99. The monoisotopic (exact) mass is 327 g/mol. The molecule has 18 heavy (non-hydrogen) atoms. The molecule has 94 valence electrons. The van der Waals surface area contributed by atoms with Gasteiger partial charge in [-0.1, -0.05) is 17.7 Å². The van der Waals surface area contributed by atoms with Crippen LogP contribution in [0.15, 0.2) is 34.9 Å². The minimum Gasteiger partial charge on any atom is -0.481 e. The summed E-state index contributed by atoms with van der Waals surface area (Å²) < 4.78 is 5.77. The molecule has 1 N–H and O–H groups in total.